The van der Waals surface area contributed by atoms with Crippen molar-refractivity contribution in [2.75, 3.05) is 0 Å². The van der Waals surface area contributed by atoms with Crippen molar-refractivity contribution in [3.8, 4) is 11.8 Å². The predicted molar refractivity (Wildman–Crippen MR) is 61.4 cm³/mol. The zero-order valence-electron chi connectivity index (χ0n) is 9.03. The molecule has 1 N–H and O–H groups in total. The maximum absolute atomic E-state index is 9.95. The number of fused-ring (bicyclic) bond motifs is 1. The average Bonchev–Trinajstić information content (AvgIpc) is 2.69. The minimum atomic E-state index is -0.273. The van der Waals surface area contributed by atoms with Crippen LogP contribution in [0.2, 0.25) is 0 Å². The zero-order valence-corrected chi connectivity index (χ0v) is 9.03. The van der Waals surface area contributed by atoms with Crippen LogP contribution in [0.15, 0.2) is 24.3 Å². The fourth-order valence-corrected chi connectivity index (χ4v) is 2.24. The molecule has 0 fully saturated rings. The highest BCUT2D eigenvalue weighted by Crippen LogP contribution is 2.29. The first-order chi connectivity index (χ1) is 7.31. The Labute approximate surface area is 91.1 Å². The average molecular weight is 200 g/mol. The first-order valence-electron chi connectivity index (χ1n) is 5.45. The summed E-state index contributed by atoms with van der Waals surface area (Å²) in [7, 11) is 0. The number of aliphatic hydroxyl groups is 1. The summed E-state index contributed by atoms with van der Waals surface area (Å²) in [6.07, 6.45) is 2.34. The van der Waals surface area contributed by atoms with E-state index < -0.39 is 0 Å². The molecule has 1 atom stereocenters. The molecular weight excluding hydrogens is 184 g/mol. The molecule has 0 aliphatic heterocycles. The van der Waals surface area contributed by atoms with Crippen LogP contribution in [0.5, 0.6) is 0 Å². The Morgan fingerprint density at radius 3 is 2.47 bits per heavy atom. The van der Waals surface area contributed by atoms with Crippen molar-refractivity contribution in [1.82, 2.24) is 0 Å². The maximum Gasteiger partial charge on any atom is 0.0683 e. The molecule has 1 aromatic carbocycles. The SMILES string of the molecule is CC#CCC(O)C1Cc2ccccc2C1. The van der Waals surface area contributed by atoms with Crippen molar-refractivity contribution >= 4 is 0 Å². The first-order valence-corrected chi connectivity index (χ1v) is 5.45. The molecule has 0 spiro atoms. The summed E-state index contributed by atoms with van der Waals surface area (Å²) in [6.45, 7) is 1.82. The van der Waals surface area contributed by atoms with E-state index >= 15 is 0 Å². The van der Waals surface area contributed by atoms with Crippen molar-refractivity contribution in [3.63, 3.8) is 0 Å². The van der Waals surface area contributed by atoms with E-state index in [1.807, 2.05) is 6.92 Å². The summed E-state index contributed by atoms with van der Waals surface area (Å²) >= 11 is 0. The van der Waals surface area contributed by atoms with Crippen LogP contribution in [0.1, 0.15) is 24.5 Å². The van der Waals surface area contributed by atoms with Crippen molar-refractivity contribution in [2.45, 2.75) is 32.3 Å². The first kappa shape index (κ1) is 10.3. The number of aliphatic hydroxyl groups excluding tert-OH is 1. The highest BCUT2D eigenvalue weighted by atomic mass is 16.3. The lowest BCUT2D eigenvalue weighted by molar-refractivity contribution is 0.117. The summed E-state index contributed by atoms with van der Waals surface area (Å²) in [5, 5.41) is 9.95. The van der Waals surface area contributed by atoms with E-state index in [-0.39, 0.29) is 6.10 Å². The lowest BCUT2D eigenvalue weighted by Gasteiger charge is -2.14. The smallest absolute Gasteiger partial charge is 0.0683 e. The van der Waals surface area contributed by atoms with Crippen LogP contribution in [0, 0.1) is 17.8 Å². The third-order valence-corrected chi connectivity index (χ3v) is 3.11. The van der Waals surface area contributed by atoms with Gasteiger partial charge in [0.25, 0.3) is 0 Å². The minimum Gasteiger partial charge on any atom is -0.392 e. The second kappa shape index (κ2) is 4.51. The molecule has 0 heterocycles. The molecule has 1 aliphatic carbocycles. The van der Waals surface area contributed by atoms with Gasteiger partial charge in [-0.15, -0.1) is 11.8 Å². The van der Waals surface area contributed by atoms with Crippen molar-refractivity contribution < 1.29 is 5.11 Å². The molecule has 1 aromatic rings. The molecule has 0 radical (unpaired) electrons. The zero-order chi connectivity index (χ0) is 10.7. The van der Waals surface area contributed by atoms with E-state index in [9.17, 15) is 5.11 Å². The fraction of sp³-hybridized carbons (Fsp3) is 0.429. The highest BCUT2D eigenvalue weighted by molar-refractivity contribution is 5.32. The Bertz CT molecular complexity index is 372. The highest BCUT2D eigenvalue weighted by Gasteiger charge is 2.26. The van der Waals surface area contributed by atoms with E-state index in [1.54, 1.807) is 0 Å². The lowest BCUT2D eigenvalue weighted by Crippen LogP contribution is -2.20. The molecule has 15 heavy (non-hydrogen) atoms. The molecule has 1 nitrogen and oxygen atoms in total. The van der Waals surface area contributed by atoms with E-state index in [1.165, 1.54) is 11.1 Å². The van der Waals surface area contributed by atoms with Gasteiger partial charge in [0.1, 0.15) is 0 Å². The molecule has 0 saturated carbocycles. The van der Waals surface area contributed by atoms with Gasteiger partial charge in [-0.1, -0.05) is 24.3 Å². The summed E-state index contributed by atoms with van der Waals surface area (Å²) in [5.41, 5.74) is 2.79. The van der Waals surface area contributed by atoms with E-state index in [2.05, 4.69) is 36.1 Å². The molecule has 0 aromatic heterocycles. The van der Waals surface area contributed by atoms with Crippen molar-refractivity contribution in [2.24, 2.45) is 5.92 Å². The Kier molecular flexibility index (Phi) is 3.08. The Balaban J connectivity index is 2.02. The van der Waals surface area contributed by atoms with Crippen LogP contribution in [0.3, 0.4) is 0 Å². The van der Waals surface area contributed by atoms with Gasteiger partial charge in [0.05, 0.1) is 6.10 Å². The predicted octanol–water partition coefficient (Wildman–Crippen LogP) is 2.18. The molecule has 1 heteroatoms. The van der Waals surface area contributed by atoms with Gasteiger partial charge >= 0.3 is 0 Å². The number of rotatable bonds is 2. The van der Waals surface area contributed by atoms with Crippen molar-refractivity contribution in [1.29, 1.82) is 0 Å². The van der Waals surface area contributed by atoms with Gasteiger partial charge in [0, 0.05) is 6.42 Å². The third-order valence-electron chi connectivity index (χ3n) is 3.11. The van der Waals surface area contributed by atoms with Gasteiger partial charge < -0.3 is 5.11 Å². The molecule has 0 bridgehead atoms. The van der Waals surface area contributed by atoms with Crippen LogP contribution in [-0.2, 0) is 12.8 Å². The number of benzene rings is 1. The van der Waals surface area contributed by atoms with Gasteiger partial charge in [-0.05, 0) is 36.8 Å². The molecule has 1 unspecified atom stereocenters. The molecule has 1 aliphatic rings. The standard InChI is InChI=1S/C14H16O/c1-2-3-8-14(15)13-9-11-6-4-5-7-12(11)10-13/h4-7,13-15H,8-10H2,1H3. The fourth-order valence-electron chi connectivity index (χ4n) is 2.24. The Hall–Kier alpha value is -1.26. The molecule has 0 amide bonds. The van der Waals surface area contributed by atoms with Crippen molar-refractivity contribution in [3.05, 3.63) is 35.4 Å². The minimum absolute atomic E-state index is 0.273. The van der Waals surface area contributed by atoms with E-state index in [4.69, 9.17) is 0 Å². The summed E-state index contributed by atoms with van der Waals surface area (Å²) in [4.78, 5) is 0. The molecule has 78 valence electrons. The van der Waals surface area contributed by atoms with Crippen LogP contribution in [0.25, 0.3) is 0 Å². The Morgan fingerprint density at radius 2 is 1.93 bits per heavy atom. The van der Waals surface area contributed by atoms with Crippen LogP contribution < -0.4 is 0 Å². The van der Waals surface area contributed by atoms with Gasteiger partial charge in [0.15, 0.2) is 0 Å². The third kappa shape index (κ3) is 2.22. The van der Waals surface area contributed by atoms with Gasteiger partial charge in [-0.2, -0.15) is 0 Å². The summed E-state index contributed by atoms with van der Waals surface area (Å²) in [6, 6.07) is 8.46. The second-order valence-electron chi connectivity index (χ2n) is 4.14. The molecule has 0 saturated heterocycles. The van der Waals surface area contributed by atoms with E-state index in [0.717, 1.165) is 12.8 Å². The van der Waals surface area contributed by atoms with Crippen LogP contribution in [0.4, 0.5) is 0 Å². The normalized spacial score (nSPS) is 16.7. The molecule has 2 rings (SSSR count). The van der Waals surface area contributed by atoms with Crippen LogP contribution in [-0.4, -0.2) is 11.2 Å². The van der Waals surface area contributed by atoms with Gasteiger partial charge in [0.2, 0.25) is 0 Å². The quantitative estimate of drug-likeness (QED) is 0.725. The number of hydrogen-bond acceptors (Lipinski definition) is 1. The summed E-state index contributed by atoms with van der Waals surface area (Å²) < 4.78 is 0. The lowest BCUT2D eigenvalue weighted by atomic mass is 9.97. The van der Waals surface area contributed by atoms with Crippen LogP contribution >= 0.6 is 0 Å². The largest absolute Gasteiger partial charge is 0.392 e. The van der Waals surface area contributed by atoms with Gasteiger partial charge in [-0.3, -0.25) is 0 Å². The second-order valence-corrected chi connectivity index (χ2v) is 4.14. The summed E-state index contributed by atoms with van der Waals surface area (Å²) in [5.74, 6) is 6.15. The topological polar surface area (TPSA) is 20.2 Å². The van der Waals surface area contributed by atoms with Gasteiger partial charge in [-0.25, -0.2) is 0 Å². The maximum atomic E-state index is 9.95. The molecular formula is C14H16O. The van der Waals surface area contributed by atoms with E-state index in [0.29, 0.717) is 12.3 Å². The monoisotopic (exact) mass is 200 g/mol. The Morgan fingerprint density at radius 1 is 1.33 bits per heavy atom. The number of hydrogen-bond donors (Lipinski definition) is 1.